The second-order valence-electron chi connectivity index (χ2n) is 6.75. The van der Waals surface area contributed by atoms with E-state index in [0.29, 0.717) is 18.1 Å². The van der Waals surface area contributed by atoms with E-state index in [4.69, 9.17) is 9.47 Å². The maximum absolute atomic E-state index is 12.6. The molecule has 1 N–H and O–H groups in total. The van der Waals surface area contributed by atoms with Crippen molar-refractivity contribution >= 4 is 34.8 Å². The van der Waals surface area contributed by atoms with Gasteiger partial charge in [-0.3, -0.25) is 14.9 Å². The zero-order chi connectivity index (χ0) is 21.1. The molecule has 3 atom stereocenters. The predicted octanol–water partition coefficient (Wildman–Crippen LogP) is 1.08. The number of carbonyl (C=O) groups is 3. The fourth-order valence-electron chi connectivity index (χ4n) is 3.25. The highest BCUT2D eigenvalue weighted by Gasteiger charge is 2.48. The SMILES string of the molecule is COC(=O)C(C)SC1=NC2C(C(=O)NC(=O)N2C)N1CCc1ccc(OC)cc1. The monoisotopic (exact) mass is 420 g/mol. The molecule has 0 spiro atoms. The zero-order valence-electron chi connectivity index (χ0n) is 16.7. The molecule has 10 heteroatoms. The summed E-state index contributed by atoms with van der Waals surface area (Å²) in [6.45, 7) is 2.22. The van der Waals surface area contributed by atoms with Gasteiger partial charge >= 0.3 is 12.0 Å². The van der Waals surface area contributed by atoms with E-state index in [1.165, 1.54) is 23.8 Å². The van der Waals surface area contributed by atoms with Crippen LogP contribution in [0.2, 0.25) is 0 Å². The average Bonchev–Trinajstić information content (AvgIpc) is 3.08. The number of thioether (sulfide) groups is 1. The van der Waals surface area contributed by atoms with Crippen molar-refractivity contribution < 1.29 is 23.9 Å². The van der Waals surface area contributed by atoms with E-state index in [1.54, 1.807) is 21.1 Å². The van der Waals surface area contributed by atoms with Crippen molar-refractivity contribution in [1.82, 2.24) is 15.1 Å². The number of amidine groups is 1. The number of hydrogen-bond acceptors (Lipinski definition) is 8. The van der Waals surface area contributed by atoms with Crippen molar-refractivity contribution in [2.24, 2.45) is 4.99 Å². The summed E-state index contributed by atoms with van der Waals surface area (Å²) >= 11 is 1.22. The van der Waals surface area contributed by atoms with Gasteiger partial charge in [0.05, 0.1) is 14.2 Å². The van der Waals surface area contributed by atoms with Gasteiger partial charge < -0.3 is 19.3 Å². The molecule has 3 amide bonds. The van der Waals surface area contributed by atoms with Crippen LogP contribution < -0.4 is 10.1 Å². The van der Waals surface area contributed by atoms with E-state index < -0.39 is 29.4 Å². The molecule has 1 aromatic rings. The van der Waals surface area contributed by atoms with Crippen LogP contribution in [0.5, 0.6) is 5.75 Å². The Bertz CT molecular complexity index is 828. The molecule has 2 aliphatic heterocycles. The molecule has 3 unspecified atom stereocenters. The first-order chi connectivity index (χ1) is 13.8. The minimum atomic E-state index is -0.636. The average molecular weight is 420 g/mol. The summed E-state index contributed by atoms with van der Waals surface area (Å²) < 4.78 is 9.98. The fourth-order valence-corrected chi connectivity index (χ4v) is 4.27. The van der Waals surface area contributed by atoms with Crippen LogP contribution in [0.1, 0.15) is 12.5 Å². The molecule has 0 bridgehead atoms. The summed E-state index contributed by atoms with van der Waals surface area (Å²) in [4.78, 5) is 44.3. The smallest absolute Gasteiger partial charge is 0.325 e. The van der Waals surface area contributed by atoms with Gasteiger partial charge in [-0.15, -0.1) is 0 Å². The quantitative estimate of drug-likeness (QED) is 0.688. The largest absolute Gasteiger partial charge is 0.497 e. The molecule has 0 saturated carbocycles. The van der Waals surface area contributed by atoms with E-state index in [2.05, 4.69) is 10.3 Å². The molecule has 3 rings (SSSR count). The summed E-state index contributed by atoms with van der Waals surface area (Å²) in [5, 5.41) is 2.42. The van der Waals surface area contributed by atoms with Gasteiger partial charge in [-0.1, -0.05) is 23.9 Å². The first-order valence-corrected chi connectivity index (χ1v) is 10.0. The summed E-state index contributed by atoms with van der Waals surface area (Å²) in [7, 11) is 4.54. The minimum absolute atomic E-state index is 0.378. The van der Waals surface area contributed by atoms with Gasteiger partial charge in [-0.2, -0.15) is 0 Å². The minimum Gasteiger partial charge on any atom is -0.497 e. The van der Waals surface area contributed by atoms with Crippen molar-refractivity contribution in [3.05, 3.63) is 29.8 Å². The lowest BCUT2D eigenvalue weighted by Gasteiger charge is -2.36. The lowest BCUT2D eigenvalue weighted by molar-refractivity contribution is -0.139. The molecule has 0 aliphatic carbocycles. The molecular weight excluding hydrogens is 396 g/mol. The number of imide groups is 1. The highest BCUT2D eigenvalue weighted by Crippen LogP contribution is 2.30. The molecule has 9 nitrogen and oxygen atoms in total. The number of fused-ring (bicyclic) bond motifs is 1. The van der Waals surface area contributed by atoms with Crippen LogP contribution in [0.15, 0.2) is 29.3 Å². The van der Waals surface area contributed by atoms with Crippen LogP contribution in [0.25, 0.3) is 0 Å². The molecule has 1 saturated heterocycles. The lowest BCUT2D eigenvalue weighted by Crippen LogP contribution is -2.63. The number of nitrogens with zero attached hydrogens (tertiary/aromatic N) is 3. The number of esters is 1. The van der Waals surface area contributed by atoms with Gasteiger partial charge in [-0.25, -0.2) is 9.79 Å². The van der Waals surface area contributed by atoms with Crippen LogP contribution in [0.3, 0.4) is 0 Å². The Labute approximate surface area is 173 Å². The predicted molar refractivity (Wildman–Crippen MR) is 109 cm³/mol. The van der Waals surface area contributed by atoms with E-state index in [0.717, 1.165) is 11.3 Å². The van der Waals surface area contributed by atoms with E-state index in [-0.39, 0.29) is 5.97 Å². The Kier molecular flexibility index (Phi) is 6.31. The van der Waals surface area contributed by atoms with E-state index in [9.17, 15) is 14.4 Å². The molecule has 0 radical (unpaired) electrons. The summed E-state index contributed by atoms with van der Waals surface area (Å²) in [5.74, 6) is 0.000882. The number of methoxy groups -OCH3 is 2. The van der Waals surface area contributed by atoms with Crippen molar-refractivity contribution in [2.75, 3.05) is 27.8 Å². The van der Waals surface area contributed by atoms with Gasteiger partial charge in [-0.05, 0) is 31.0 Å². The Morgan fingerprint density at radius 3 is 2.59 bits per heavy atom. The van der Waals surface area contributed by atoms with Crippen LogP contribution in [0.4, 0.5) is 4.79 Å². The molecule has 2 aliphatic rings. The highest BCUT2D eigenvalue weighted by atomic mass is 32.2. The molecule has 0 aromatic heterocycles. The Hall–Kier alpha value is -2.75. The summed E-state index contributed by atoms with van der Waals surface area (Å²) in [5.41, 5.74) is 1.07. The Balaban J connectivity index is 1.81. The standard InChI is InChI=1S/C19H24N4O5S/c1-11(17(25)28-4)29-19-20-15-14(16(24)21-18(26)22(15)2)23(19)10-9-12-5-7-13(27-3)8-6-12/h5-8,11,14-15H,9-10H2,1-4H3,(H,21,24,26). The highest BCUT2D eigenvalue weighted by molar-refractivity contribution is 8.14. The molecule has 29 heavy (non-hydrogen) atoms. The van der Waals surface area contributed by atoms with Crippen molar-refractivity contribution in [2.45, 2.75) is 30.8 Å². The van der Waals surface area contributed by atoms with Crippen molar-refractivity contribution in [1.29, 1.82) is 0 Å². The van der Waals surface area contributed by atoms with Crippen LogP contribution in [-0.2, 0) is 20.7 Å². The second-order valence-corrected chi connectivity index (χ2v) is 8.06. The maximum atomic E-state index is 12.6. The maximum Gasteiger partial charge on any atom is 0.325 e. The second kappa shape index (κ2) is 8.73. The first-order valence-electron chi connectivity index (χ1n) is 9.15. The number of aliphatic imine (C=N–C) groups is 1. The topological polar surface area (TPSA) is 101 Å². The molecule has 1 aromatic carbocycles. The Morgan fingerprint density at radius 1 is 1.28 bits per heavy atom. The van der Waals surface area contributed by atoms with Crippen LogP contribution in [0, 0.1) is 0 Å². The molecule has 156 valence electrons. The lowest BCUT2D eigenvalue weighted by atomic mass is 10.1. The number of ether oxygens (including phenoxy) is 2. The number of rotatable bonds is 6. The van der Waals surface area contributed by atoms with Crippen molar-refractivity contribution in [3.8, 4) is 5.75 Å². The first kappa shape index (κ1) is 21.0. The molecular formula is C19H24N4O5S. The van der Waals surface area contributed by atoms with E-state index >= 15 is 0 Å². The van der Waals surface area contributed by atoms with Gasteiger partial charge in [0.1, 0.15) is 11.0 Å². The third kappa shape index (κ3) is 4.31. The van der Waals surface area contributed by atoms with Crippen molar-refractivity contribution in [3.63, 3.8) is 0 Å². The summed E-state index contributed by atoms with van der Waals surface area (Å²) in [6, 6.07) is 6.56. The number of nitrogens with one attached hydrogen (secondary N) is 1. The molecule has 2 heterocycles. The molecule has 1 fully saturated rings. The third-order valence-electron chi connectivity index (χ3n) is 4.94. The third-order valence-corrected chi connectivity index (χ3v) is 6.03. The van der Waals surface area contributed by atoms with Crippen LogP contribution in [-0.4, -0.2) is 78.1 Å². The van der Waals surface area contributed by atoms with Gasteiger partial charge in [0.25, 0.3) is 5.91 Å². The van der Waals surface area contributed by atoms with E-state index in [1.807, 2.05) is 29.2 Å². The summed E-state index contributed by atoms with van der Waals surface area (Å²) in [6.07, 6.45) is 0.0316. The number of urea groups is 1. The van der Waals surface area contributed by atoms with Crippen LogP contribution >= 0.6 is 11.8 Å². The number of likely N-dealkylation sites (N-methyl/N-ethyl adjacent to an activating group) is 1. The van der Waals surface area contributed by atoms with Gasteiger partial charge in [0, 0.05) is 13.6 Å². The number of benzene rings is 1. The normalized spacial score (nSPS) is 22.0. The Morgan fingerprint density at radius 2 is 1.97 bits per heavy atom. The number of carbonyl (C=O) groups excluding carboxylic acids is 3. The van der Waals surface area contributed by atoms with Gasteiger partial charge in [0.15, 0.2) is 17.4 Å². The number of amides is 3. The van der Waals surface area contributed by atoms with Gasteiger partial charge in [0.2, 0.25) is 0 Å². The number of hydrogen-bond donors (Lipinski definition) is 1. The fraction of sp³-hybridized carbons (Fsp3) is 0.474. The zero-order valence-corrected chi connectivity index (χ0v) is 17.6.